The molecule has 1 amide bonds. The molecular weight excluding hydrogens is 224 g/mol. The fourth-order valence-electron chi connectivity index (χ4n) is 1.97. The lowest BCUT2D eigenvalue weighted by Gasteiger charge is -2.15. The van der Waals surface area contributed by atoms with Gasteiger partial charge >= 0.3 is 0 Å². The van der Waals surface area contributed by atoms with Gasteiger partial charge in [-0.1, -0.05) is 38.3 Å². The molecule has 100 valence electrons. The van der Waals surface area contributed by atoms with Crippen LogP contribution >= 0.6 is 0 Å². The van der Waals surface area contributed by atoms with Crippen molar-refractivity contribution < 1.29 is 4.79 Å². The van der Waals surface area contributed by atoms with Gasteiger partial charge in [0.2, 0.25) is 0 Å². The molecule has 2 N–H and O–H groups in total. The van der Waals surface area contributed by atoms with E-state index in [2.05, 4.69) is 24.5 Å². The number of carbonyl (C=O) groups is 1. The molecule has 0 heterocycles. The molecule has 0 aliphatic heterocycles. The molecule has 3 nitrogen and oxygen atoms in total. The predicted octanol–water partition coefficient (Wildman–Crippen LogP) is 3.43. The molecule has 0 aliphatic carbocycles. The Kier molecular flexibility index (Phi) is 6.26. The number of hydrogen-bond donors (Lipinski definition) is 2. The predicted molar refractivity (Wildman–Crippen MR) is 77.1 cm³/mol. The lowest BCUT2D eigenvalue weighted by Crippen LogP contribution is -2.32. The number of rotatable bonds is 7. The van der Waals surface area contributed by atoms with E-state index in [1.807, 2.05) is 31.3 Å². The van der Waals surface area contributed by atoms with E-state index >= 15 is 0 Å². The van der Waals surface area contributed by atoms with Crippen molar-refractivity contribution >= 4 is 11.6 Å². The lowest BCUT2D eigenvalue weighted by molar-refractivity contribution is 0.0938. The van der Waals surface area contributed by atoms with Crippen LogP contribution in [0.15, 0.2) is 24.3 Å². The molecule has 0 bridgehead atoms. The summed E-state index contributed by atoms with van der Waals surface area (Å²) in [4.78, 5) is 12.1. The maximum Gasteiger partial charge on any atom is 0.253 e. The minimum absolute atomic E-state index is 0.00366. The molecule has 1 unspecified atom stereocenters. The Morgan fingerprint density at radius 2 is 2.00 bits per heavy atom. The molecule has 0 saturated carbocycles. The fourth-order valence-corrected chi connectivity index (χ4v) is 1.97. The van der Waals surface area contributed by atoms with Crippen LogP contribution in [0.2, 0.25) is 0 Å². The van der Waals surface area contributed by atoms with Crippen molar-refractivity contribution in [3.63, 3.8) is 0 Å². The quantitative estimate of drug-likeness (QED) is 0.726. The first-order chi connectivity index (χ1) is 8.69. The number of anilines is 1. The van der Waals surface area contributed by atoms with Gasteiger partial charge in [0.25, 0.3) is 5.91 Å². The Morgan fingerprint density at radius 3 is 2.67 bits per heavy atom. The van der Waals surface area contributed by atoms with Crippen molar-refractivity contribution in [1.29, 1.82) is 0 Å². The van der Waals surface area contributed by atoms with Gasteiger partial charge in [-0.25, -0.2) is 0 Å². The van der Waals surface area contributed by atoms with Crippen molar-refractivity contribution in [2.24, 2.45) is 0 Å². The van der Waals surface area contributed by atoms with Crippen LogP contribution in [-0.4, -0.2) is 19.0 Å². The highest BCUT2D eigenvalue weighted by Crippen LogP contribution is 2.14. The summed E-state index contributed by atoms with van der Waals surface area (Å²) in [6.45, 7) is 4.25. The number of nitrogens with one attached hydrogen (secondary N) is 2. The highest BCUT2D eigenvalue weighted by molar-refractivity contribution is 5.99. The highest BCUT2D eigenvalue weighted by Gasteiger charge is 2.12. The lowest BCUT2D eigenvalue weighted by atomic mass is 10.1. The maximum absolute atomic E-state index is 12.1. The van der Waals surface area contributed by atoms with E-state index in [9.17, 15) is 4.79 Å². The second-order valence-corrected chi connectivity index (χ2v) is 4.67. The second kappa shape index (κ2) is 7.75. The molecule has 0 aliphatic rings. The molecule has 0 saturated heterocycles. The third-order valence-electron chi connectivity index (χ3n) is 3.06. The second-order valence-electron chi connectivity index (χ2n) is 4.67. The molecule has 18 heavy (non-hydrogen) atoms. The van der Waals surface area contributed by atoms with Gasteiger partial charge < -0.3 is 10.6 Å². The summed E-state index contributed by atoms with van der Waals surface area (Å²) >= 11 is 0. The smallest absolute Gasteiger partial charge is 0.253 e. The zero-order valence-electron chi connectivity index (χ0n) is 11.6. The number of carbonyl (C=O) groups excluding carboxylic acids is 1. The van der Waals surface area contributed by atoms with E-state index in [1.165, 1.54) is 19.3 Å². The standard InChI is InChI=1S/C15H24N2O/c1-4-5-6-9-12(2)17-15(18)13-10-7-8-11-14(13)16-3/h7-8,10-12,16H,4-6,9H2,1-3H3,(H,17,18). The Bertz CT molecular complexity index is 377. The van der Waals surface area contributed by atoms with Crippen LogP contribution in [0.5, 0.6) is 0 Å². The van der Waals surface area contributed by atoms with Gasteiger partial charge in [-0.3, -0.25) is 4.79 Å². The Labute approximate surface area is 110 Å². The summed E-state index contributed by atoms with van der Waals surface area (Å²) in [5.74, 6) is 0.00366. The van der Waals surface area contributed by atoms with E-state index in [4.69, 9.17) is 0 Å². The fraction of sp³-hybridized carbons (Fsp3) is 0.533. The topological polar surface area (TPSA) is 41.1 Å². The van der Waals surface area contributed by atoms with E-state index in [0.717, 1.165) is 12.1 Å². The van der Waals surface area contributed by atoms with Gasteiger partial charge in [0, 0.05) is 18.8 Å². The minimum Gasteiger partial charge on any atom is -0.387 e. The first-order valence-corrected chi connectivity index (χ1v) is 6.76. The average molecular weight is 248 g/mol. The largest absolute Gasteiger partial charge is 0.387 e. The van der Waals surface area contributed by atoms with Crippen molar-refractivity contribution in [1.82, 2.24) is 5.32 Å². The first kappa shape index (κ1) is 14.6. The summed E-state index contributed by atoms with van der Waals surface area (Å²) in [7, 11) is 1.83. The van der Waals surface area contributed by atoms with Gasteiger partial charge in [0.15, 0.2) is 0 Å². The summed E-state index contributed by atoms with van der Waals surface area (Å²) in [5, 5.41) is 6.09. The molecule has 1 aromatic carbocycles. The summed E-state index contributed by atoms with van der Waals surface area (Å²) in [6.07, 6.45) is 4.66. The molecule has 1 rings (SSSR count). The number of amides is 1. The Hall–Kier alpha value is -1.51. The zero-order chi connectivity index (χ0) is 13.4. The minimum atomic E-state index is 0.00366. The molecular formula is C15H24N2O. The molecule has 3 heteroatoms. The van der Waals surface area contributed by atoms with Crippen LogP contribution in [0.4, 0.5) is 5.69 Å². The van der Waals surface area contributed by atoms with Crippen LogP contribution in [0.3, 0.4) is 0 Å². The Morgan fingerprint density at radius 1 is 1.28 bits per heavy atom. The number of unbranched alkanes of at least 4 members (excludes halogenated alkanes) is 2. The van der Waals surface area contributed by atoms with Crippen molar-refractivity contribution in [2.45, 2.75) is 45.6 Å². The molecule has 1 atom stereocenters. The van der Waals surface area contributed by atoms with Gasteiger partial charge in [-0.2, -0.15) is 0 Å². The molecule has 0 aromatic heterocycles. The number of hydrogen-bond acceptors (Lipinski definition) is 2. The van der Waals surface area contributed by atoms with Gasteiger partial charge in [-0.05, 0) is 25.5 Å². The summed E-state index contributed by atoms with van der Waals surface area (Å²) in [5.41, 5.74) is 1.58. The van der Waals surface area contributed by atoms with Crippen LogP contribution < -0.4 is 10.6 Å². The maximum atomic E-state index is 12.1. The van der Waals surface area contributed by atoms with E-state index in [1.54, 1.807) is 0 Å². The normalized spacial score (nSPS) is 11.9. The zero-order valence-corrected chi connectivity index (χ0v) is 11.6. The van der Waals surface area contributed by atoms with Crippen LogP contribution in [0.25, 0.3) is 0 Å². The van der Waals surface area contributed by atoms with Crippen molar-refractivity contribution in [3.05, 3.63) is 29.8 Å². The molecule has 0 radical (unpaired) electrons. The SMILES string of the molecule is CCCCCC(C)NC(=O)c1ccccc1NC. The first-order valence-electron chi connectivity index (χ1n) is 6.76. The van der Waals surface area contributed by atoms with Crippen molar-refractivity contribution in [2.75, 3.05) is 12.4 Å². The van der Waals surface area contributed by atoms with Gasteiger partial charge in [-0.15, -0.1) is 0 Å². The van der Waals surface area contributed by atoms with Gasteiger partial charge in [0.05, 0.1) is 5.56 Å². The molecule has 0 fully saturated rings. The van der Waals surface area contributed by atoms with E-state index in [-0.39, 0.29) is 11.9 Å². The number of benzene rings is 1. The summed E-state index contributed by atoms with van der Waals surface area (Å²) in [6, 6.07) is 7.80. The molecule has 1 aromatic rings. The third kappa shape index (κ3) is 4.40. The third-order valence-corrected chi connectivity index (χ3v) is 3.06. The number of para-hydroxylation sites is 1. The van der Waals surface area contributed by atoms with Crippen LogP contribution in [0, 0.1) is 0 Å². The van der Waals surface area contributed by atoms with E-state index in [0.29, 0.717) is 5.56 Å². The van der Waals surface area contributed by atoms with Crippen molar-refractivity contribution in [3.8, 4) is 0 Å². The summed E-state index contributed by atoms with van der Waals surface area (Å²) < 4.78 is 0. The Balaban J connectivity index is 2.54. The van der Waals surface area contributed by atoms with Crippen LogP contribution in [0.1, 0.15) is 49.9 Å². The van der Waals surface area contributed by atoms with E-state index < -0.39 is 0 Å². The molecule has 0 spiro atoms. The van der Waals surface area contributed by atoms with Crippen LogP contribution in [-0.2, 0) is 0 Å². The monoisotopic (exact) mass is 248 g/mol. The van der Waals surface area contributed by atoms with Gasteiger partial charge in [0.1, 0.15) is 0 Å². The highest BCUT2D eigenvalue weighted by atomic mass is 16.1. The average Bonchev–Trinajstić information content (AvgIpc) is 2.39.